The summed E-state index contributed by atoms with van der Waals surface area (Å²) in [7, 11) is 1.94. The van der Waals surface area contributed by atoms with Crippen molar-refractivity contribution in [3.05, 3.63) is 53.3 Å². The molecule has 0 aliphatic carbocycles. The minimum Gasteiger partial charge on any atom is -0.373 e. The Morgan fingerprint density at radius 1 is 1.19 bits per heavy atom. The van der Waals surface area contributed by atoms with E-state index in [-0.39, 0.29) is 36.2 Å². The normalized spacial score (nSPS) is 24.2. The van der Waals surface area contributed by atoms with E-state index in [2.05, 4.69) is 53.4 Å². The Hall–Kier alpha value is -1.65. The van der Waals surface area contributed by atoms with Crippen molar-refractivity contribution in [3.8, 4) is 0 Å². The summed E-state index contributed by atoms with van der Waals surface area (Å²) < 4.78 is 14.0. The number of halogens is 1. The molecule has 0 amide bonds. The van der Waals surface area contributed by atoms with E-state index in [1.165, 1.54) is 11.1 Å². The SMILES string of the molecule is CCNC(=NCC1CCCOC1c1ccc(C)cc1)N1CCOC(c2cnn(C)c2)C1.I. The summed E-state index contributed by atoms with van der Waals surface area (Å²) in [6.45, 7) is 8.97. The van der Waals surface area contributed by atoms with Crippen molar-refractivity contribution in [2.75, 3.05) is 39.4 Å². The van der Waals surface area contributed by atoms with Crippen molar-refractivity contribution >= 4 is 29.9 Å². The van der Waals surface area contributed by atoms with Crippen molar-refractivity contribution in [1.29, 1.82) is 0 Å². The summed E-state index contributed by atoms with van der Waals surface area (Å²) in [5.41, 5.74) is 3.65. The van der Waals surface area contributed by atoms with Crippen LogP contribution in [0.4, 0.5) is 0 Å². The van der Waals surface area contributed by atoms with Crippen LogP contribution in [0.2, 0.25) is 0 Å². The molecule has 3 unspecified atom stereocenters. The van der Waals surface area contributed by atoms with E-state index in [9.17, 15) is 0 Å². The van der Waals surface area contributed by atoms with Crippen LogP contribution in [-0.4, -0.2) is 60.0 Å². The van der Waals surface area contributed by atoms with Gasteiger partial charge >= 0.3 is 0 Å². The highest BCUT2D eigenvalue weighted by Crippen LogP contribution is 2.34. The molecule has 1 aromatic heterocycles. The second-order valence-electron chi connectivity index (χ2n) is 8.55. The first-order valence-corrected chi connectivity index (χ1v) is 11.5. The topological polar surface area (TPSA) is 63.9 Å². The molecule has 0 spiro atoms. The van der Waals surface area contributed by atoms with E-state index < -0.39 is 0 Å². The van der Waals surface area contributed by atoms with Crippen molar-refractivity contribution < 1.29 is 9.47 Å². The van der Waals surface area contributed by atoms with Gasteiger partial charge in [0.2, 0.25) is 0 Å². The minimum atomic E-state index is 0. The van der Waals surface area contributed by atoms with Crippen LogP contribution >= 0.6 is 24.0 Å². The van der Waals surface area contributed by atoms with E-state index >= 15 is 0 Å². The number of guanidine groups is 1. The number of aliphatic imine (C=N–C) groups is 1. The molecular formula is C24H36IN5O2. The van der Waals surface area contributed by atoms with E-state index in [1.54, 1.807) is 0 Å². The Balaban J connectivity index is 0.00000289. The number of hydrogen-bond acceptors (Lipinski definition) is 4. The molecule has 0 radical (unpaired) electrons. The molecule has 4 rings (SSSR count). The Kier molecular flexibility index (Phi) is 9.36. The van der Waals surface area contributed by atoms with Crippen LogP contribution in [0.3, 0.4) is 0 Å². The zero-order chi connectivity index (χ0) is 21.6. The molecule has 0 saturated carbocycles. The van der Waals surface area contributed by atoms with Crippen LogP contribution in [0, 0.1) is 12.8 Å². The van der Waals surface area contributed by atoms with Gasteiger partial charge in [0.15, 0.2) is 5.96 Å². The minimum absolute atomic E-state index is 0. The highest BCUT2D eigenvalue weighted by atomic mass is 127. The highest BCUT2D eigenvalue weighted by Gasteiger charge is 2.29. The third-order valence-corrected chi connectivity index (χ3v) is 6.12. The van der Waals surface area contributed by atoms with E-state index in [0.717, 1.165) is 57.2 Å². The van der Waals surface area contributed by atoms with E-state index in [4.69, 9.17) is 14.5 Å². The third-order valence-electron chi connectivity index (χ3n) is 6.12. The molecule has 3 atom stereocenters. The van der Waals surface area contributed by atoms with Gasteiger partial charge in [0.05, 0.1) is 25.5 Å². The molecule has 2 saturated heterocycles. The fourth-order valence-corrected chi connectivity index (χ4v) is 4.43. The quantitative estimate of drug-likeness (QED) is 0.346. The van der Waals surface area contributed by atoms with Gasteiger partial charge in [-0.3, -0.25) is 9.67 Å². The molecule has 2 fully saturated rings. The van der Waals surface area contributed by atoms with Gasteiger partial charge in [0.1, 0.15) is 6.10 Å². The summed E-state index contributed by atoms with van der Waals surface area (Å²) in [6.07, 6.45) is 6.30. The summed E-state index contributed by atoms with van der Waals surface area (Å²) in [5, 5.41) is 7.79. The van der Waals surface area contributed by atoms with Crippen LogP contribution in [0.25, 0.3) is 0 Å². The summed E-state index contributed by atoms with van der Waals surface area (Å²) >= 11 is 0. The average molecular weight is 553 g/mol. The van der Waals surface area contributed by atoms with Crippen LogP contribution in [0.1, 0.15) is 48.7 Å². The maximum absolute atomic E-state index is 6.20. The molecule has 2 aromatic rings. The van der Waals surface area contributed by atoms with Crippen LogP contribution < -0.4 is 5.32 Å². The lowest BCUT2D eigenvalue weighted by Crippen LogP contribution is -2.48. The zero-order valence-corrected chi connectivity index (χ0v) is 21.7. The fraction of sp³-hybridized carbons (Fsp3) is 0.583. The monoisotopic (exact) mass is 553 g/mol. The van der Waals surface area contributed by atoms with Gasteiger partial charge in [-0.05, 0) is 32.3 Å². The molecule has 8 heteroatoms. The lowest BCUT2D eigenvalue weighted by molar-refractivity contribution is -0.0255. The molecule has 1 N–H and O–H groups in total. The van der Waals surface area contributed by atoms with Gasteiger partial charge in [-0.1, -0.05) is 29.8 Å². The molecule has 7 nitrogen and oxygen atoms in total. The van der Waals surface area contributed by atoms with Crippen LogP contribution in [-0.2, 0) is 16.5 Å². The second-order valence-corrected chi connectivity index (χ2v) is 8.55. The summed E-state index contributed by atoms with van der Waals surface area (Å²) in [6, 6.07) is 8.75. The standard InChI is InChI=1S/C24H35N5O2.HI/c1-4-25-24(29-11-13-30-22(17-29)21-15-27-28(3)16-21)26-14-20-6-5-12-31-23(20)19-9-7-18(2)8-10-19;/h7-10,15-16,20,22-23H,4-6,11-14,17H2,1-3H3,(H,25,26);1H. The lowest BCUT2D eigenvalue weighted by atomic mass is 9.89. The first-order chi connectivity index (χ1) is 15.1. The van der Waals surface area contributed by atoms with Crippen molar-refractivity contribution in [1.82, 2.24) is 20.0 Å². The average Bonchev–Trinajstić information content (AvgIpc) is 3.24. The van der Waals surface area contributed by atoms with E-state index in [1.807, 2.05) is 24.1 Å². The smallest absolute Gasteiger partial charge is 0.194 e. The highest BCUT2D eigenvalue weighted by molar-refractivity contribution is 14.0. The first-order valence-electron chi connectivity index (χ1n) is 11.5. The largest absolute Gasteiger partial charge is 0.373 e. The van der Waals surface area contributed by atoms with Gasteiger partial charge in [-0.25, -0.2) is 0 Å². The molecule has 3 heterocycles. The van der Waals surface area contributed by atoms with Gasteiger partial charge in [0.25, 0.3) is 0 Å². The maximum atomic E-state index is 6.20. The predicted molar refractivity (Wildman–Crippen MR) is 137 cm³/mol. The van der Waals surface area contributed by atoms with Crippen molar-refractivity contribution in [2.45, 2.75) is 38.9 Å². The third kappa shape index (κ3) is 6.23. The molecular weight excluding hydrogens is 517 g/mol. The number of hydrogen-bond donors (Lipinski definition) is 1. The number of aryl methyl sites for hydroxylation is 2. The number of morpholine rings is 1. The fourth-order valence-electron chi connectivity index (χ4n) is 4.43. The van der Waals surface area contributed by atoms with Gasteiger partial charge in [0, 0.05) is 51.0 Å². The second kappa shape index (κ2) is 12.0. The summed E-state index contributed by atoms with van der Waals surface area (Å²) in [4.78, 5) is 7.38. The molecule has 2 aliphatic rings. The number of nitrogens with one attached hydrogen (secondary N) is 1. The number of rotatable bonds is 5. The summed E-state index contributed by atoms with van der Waals surface area (Å²) in [5.74, 6) is 1.35. The Labute approximate surface area is 208 Å². The van der Waals surface area contributed by atoms with Crippen LogP contribution in [0.15, 0.2) is 41.7 Å². The maximum Gasteiger partial charge on any atom is 0.194 e. The number of ether oxygens (including phenoxy) is 2. The number of benzene rings is 1. The van der Waals surface area contributed by atoms with Gasteiger partial charge in [-0.2, -0.15) is 5.10 Å². The lowest BCUT2D eigenvalue weighted by Gasteiger charge is -2.35. The Morgan fingerprint density at radius 3 is 2.72 bits per heavy atom. The number of aromatic nitrogens is 2. The molecule has 176 valence electrons. The Bertz CT molecular complexity index is 870. The Morgan fingerprint density at radius 2 is 2.00 bits per heavy atom. The molecule has 0 bridgehead atoms. The van der Waals surface area contributed by atoms with E-state index in [0.29, 0.717) is 12.5 Å². The number of nitrogens with zero attached hydrogens (tertiary/aromatic N) is 4. The molecule has 2 aliphatic heterocycles. The van der Waals surface area contributed by atoms with Gasteiger partial charge < -0.3 is 19.7 Å². The molecule has 1 aromatic carbocycles. The zero-order valence-electron chi connectivity index (χ0n) is 19.4. The molecule has 32 heavy (non-hydrogen) atoms. The van der Waals surface area contributed by atoms with Crippen molar-refractivity contribution in [3.63, 3.8) is 0 Å². The first kappa shape index (κ1) is 25.0. The predicted octanol–water partition coefficient (Wildman–Crippen LogP) is 3.85. The van der Waals surface area contributed by atoms with Gasteiger partial charge in [-0.15, -0.1) is 24.0 Å². The van der Waals surface area contributed by atoms with Crippen LogP contribution in [0.5, 0.6) is 0 Å². The van der Waals surface area contributed by atoms with Crippen molar-refractivity contribution in [2.24, 2.45) is 18.0 Å².